The Morgan fingerprint density at radius 1 is 0.971 bits per heavy atom. The number of halogens is 3. The predicted octanol–water partition coefficient (Wildman–Crippen LogP) is 5.06. The molecule has 2 aromatic carbocycles. The second kappa shape index (κ2) is 8.47. The molecule has 5 aromatic rings. The third-order valence-corrected chi connectivity index (χ3v) is 5.06. The van der Waals surface area contributed by atoms with Crippen LogP contribution in [0.15, 0.2) is 88.4 Å². The van der Waals surface area contributed by atoms with Gasteiger partial charge < -0.3 is 9.26 Å². The molecule has 0 saturated carbocycles. The zero-order valence-corrected chi connectivity index (χ0v) is 17.4. The average Bonchev–Trinajstić information content (AvgIpc) is 3.29. The second-order valence-electron chi connectivity index (χ2n) is 7.38. The Kier molecular flexibility index (Phi) is 5.33. The lowest BCUT2D eigenvalue weighted by Gasteiger charge is -2.10. The first-order valence-electron chi connectivity index (χ1n) is 10.1. The van der Waals surface area contributed by atoms with Gasteiger partial charge in [0.15, 0.2) is 5.76 Å². The van der Waals surface area contributed by atoms with Crippen molar-refractivity contribution in [2.45, 2.75) is 12.9 Å². The molecule has 0 aliphatic heterocycles. The molecule has 34 heavy (non-hydrogen) atoms. The fraction of sp³-hybridized carbons (Fsp3) is 0.0833. The van der Waals surface area contributed by atoms with Gasteiger partial charge in [0.25, 0.3) is 5.56 Å². The highest BCUT2D eigenvalue weighted by Crippen LogP contribution is 2.28. The van der Waals surface area contributed by atoms with E-state index in [1.807, 2.05) is 6.07 Å². The van der Waals surface area contributed by atoms with Gasteiger partial charge in [0.1, 0.15) is 17.1 Å². The monoisotopic (exact) mass is 464 g/mol. The third kappa shape index (κ3) is 4.51. The Bertz CT molecular complexity index is 1510. The van der Waals surface area contributed by atoms with E-state index in [4.69, 9.17) is 4.52 Å². The number of alkyl halides is 3. The van der Waals surface area contributed by atoms with Gasteiger partial charge in [-0.15, -0.1) is 13.2 Å². The average molecular weight is 464 g/mol. The number of hydrogen-bond acceptors (Lipinski definition) is 6. The van der Waals surface area contributed by atoms with Crippen molar-refractivity contribution in [3.05, 3.63) is 95.2 Å². The summed E-state index contributed by atoms with van der Waals surface area (Å²) in [7, 11) is 0. The standard InChI is InChI=1S/C24H15F3N4O3/c25-24(26,27)33-19-8-6-15(7-9-19)16-4-5-17-13-29-31(23(32)20(17)11-16)14-18-12-22(34-30-18)21-3-1-2-10-28-21/h1-13H,14H2. The molecule has 0 aliphatic carbocycles. The summed E-state index contributed by atoms with van der Waals surface area (Å²) in [5.41, 5.74) is 2.09. The van der Waals surface area contributed by atoms with Crippen LogP contribution in [0.4, 0.5) is 13.2 Å². The second-order valence-corrected chi connectivity index (χ2v) is 7.38. The molecule has 3 heterocycles. The number of ether oxygens (including phenoxy) is 1. The number of hydrogen-bond donors (Lipinski definition) is 0. The quantitative estimate of drug-likeness (QED) is 0.362. The third-order valence-electron chi connectivity index (χ3n) is 5.06. The normalized spacial score (nSPS) is 11.6. The summed E-state index contributed by atoms with van der Waals surface area (Å²) in [4.78, 5) is 17.3. The lowest BCUT2D eigenvalue weighted by molar-refractivity contribution is -0.274. The van der Waals surface area contributed by atoms with Crippen LogP contribution in [0.1, 0.15) is 5.69 Å². The summed E-state index contributed by atoms with van der Waals surface area (Å²) in [6.07, 6.45) is -1.55. The summed E-state index contributed by atoms with van der Waals surface area (Å²) < 4.78 is 47.7. The van der Waals surface area contributed by atoms with E-state index in [1.54, 1.807) is 48.8 Å². The van der Waals surface area contributed by atoms with Gasteiger partial charge in [0.05, 0.1) is 18.1 Å². The van der Waals surface area contributed by atoms with Crippen LogP contribution in [0.25, 0.3) is 33.4 Å². The minimum Gasteiger partial charge on any atom is -0.406 e. The zero-order valence-electron chi connectivity index (χ0n) is 17.4. The van der Waals surface area contributed by atoms with Gasteiger partial charge in [-0.2, -0.15) is 5.10 Å². The fourth-order valence-electron chi connectivity index (χ4n) is 3.49. The molecule has 3 aromatic heterocycles. The maximum Gasteiger partial charge on any atom is 0.573 e. The number of rotatable bonds is 5. The SMILES string of the molecule is O=c1c2cc(-c3ccc(OC(F)(F)F)cc3)ccc2cnn1Cc1cc(-c2ccccn2)on1. The molecule has 0 N–H and O–H groups in total. The highest BCUT2D eigenvalue weighted by atomic mass is 19.4. The molecule has 0 fully saturated rings. The fourth-order valence-corrected chi connectivity index (χ4v) is 3.49. The Labute approximate surface area is 190 Å². The van der Waals surface area contributed by atoms with Crippen molar-refractivity contribution >= 4 is 10.8 Å². The van der Waals surface area contributed by atoms with Crippen LogP contribution >= 0.6 is 0 Å². The van der Waals surface area contributed by atoms with Crippen molar-refractivity contribution in [1.82, 2.24) is 19.9 Å². The van der Waals surface area contributed by atoms with Crippen molar-refractivity contribution < 1.29 is 22.4 Å². The molecule has 0 unspecified atom stereocenters. The maximum absolute atomic E-state index is 13.1. The molecular weight excluding hydrogens is 449 g/mol. The minimum absolute atomic E-state index is 0.0960. The Morgan fingerprint density at radius 2 is 1.76 bits per heavy atom. The van der Waals surface area contributed by atoms with E-state index >= 15 is 0 Å². The molecule has 10 heteroatoms. The number of benzene rings is 2. The van der Waals surface area contributed by atoms with Crippen LogP contribution in [-0.4, -0.2) is 26.3 Å². The molecule has 0 radical (unpaired) electrons. The number of nitrogens with zero attached hydrogens (tertiary/aromatic N) is 4. The Morgan fingerprint density at radius 3 is 2.50 bits per heavy atom. The van der Waals surface area contributed by atoms with Crippen molar-refractivity contribution in [2.75, 3.05) is 0 Å². The smallest absolute Gasteiger partial charge is 0.406 e. The van der Waals surface area contributed by atoms with E-state index in [1.165, 1.54) is 28.9 Å². The summed E-state index contributed by atoms with van der Waals surface area (Å²) >= 11 is 0. The van der Waals surface area contributed by atoms with E-state index in [-0.39, 0.29) is 17.9 Å². The number of aromatic nitrogens is 4. The van der Waals surface area contributed by atoms with E-state index in [0.29, 0.717) is 39.0 Å². The maximum atomic E-state index is 13.1. The topological polar surface area (TPSA) is 83.0 Å². The Hall–Kier alpha value is -4.47. The van der Waals surface area contributed by atoms with E-state index in [9.17, 15) is 18.0 Å². The summed E-state index contributed by atoms with van der Waals surface area (Å²) in [6.45, 7) is 0.0960. The van der Waals surface area contributed by atoms with Crippen molar-refractivity contribution in [3.63, 3.8) is 0 Å². The number of pyridine rings is 1. The van der Waals surface area contributed by atoms with Crippen molar-refractivity contribution in [1.29, 1.82) is 0 Å². The molecule has 5 rings (SSSR count). The van der Waals surface area contributed by atoms with E-state index < -0.39 is 6.36 Å². The molecule has 0 aliphatic rings. The zero-order chi connectivity index (χ0) is 23.7. The number of fused-ring (bicyclic) bond motifs is 1. The molecular formula is C24H15F3N4O3. The van der Waals surface area contributed by atoms with Crippen molar-refractivity contribution in [2.24, 2.45) is 0 Å². The predicted molar refractivity (Wildman–Crippen MR) is 117 cm³/mol. The largest absolute Gasteiger partial charge is 0.573 e. The lowest BCUT2D eigenvalue weighted by Crippen LogP contribution is -2.23. The van der Waals surface area contributed by atoms with Gasteiger partial charge >= 0.3 is 6.36 Å². The molecule has 170 valence electrons. The molecule has 0 atom stereocenters. The van der Waals surface area contributed by atoms with Crippen LogP contribution in [0.2, 0.25) is 0 Å². The molecule has 7 nitrogen and oxygen atoms in total. The van der Waals surface area contributed by atoms with E-state index in [0.717, 1.165) is 0 Å². The highest BCUT2D eigenvalue weighted by Gasteiger charge is 2.31. The van der Waals surface area contributed by atoms with Crippen molar-refractivity contribution in [3.8, 4) is 28.3 Å². The van der Waals surface area contributed by atoms with Crippen LogP contribution < -0.4 is 10.3 Å². The van der Waals surface area contributed by atoms with E-state index in [2.05, 4.69) is 20.0 Å². The van der Waals surface area contributed by atoms with Gasteiger partial charge in [-0.25, -0.2) is 4.68 Å². The first-order valence-corrected chi connectivity index (χ1v) is 10.1. The van der Waals surface area contributed by atoms with Crippen LogP contribution in [0.3, 0.4) is 0 Å². The van der Waals surface area contributed by atoms with Gasteiger partial charge in [0, 0.05) is 17.6 Å². The van der Waals surface area contributed by atoms with Gasteiger partial charge in [0.2, 0.25) is 0 Å². The molecule has 0 saturated heterocycles. The minimum atomic E-state index is -4.76. The lowest BCUT2D eigenvalue weighted by atomic mass is 10.0. The van der Waals surface area contributed by atoms with Gasteiger partial charge in [-0.1, -0.05) is 35.5 Å². The highest BCUT2D eigenvalue weighted by molar-refractivity contribution is 5.86. The summed E-state index contributed by atoms with van der Waals surface area (Å²) in [6, 6.07) is 17.7. The molecule has 0 spiro atoms. The molecule has 0 bridgehead atoms. The summed E-state index contributed by atoms with van der Waals surface area (Å²) in [5.74, 6) is 0.158. The van der Waals surface area contributed by atoms with Crippen LogP contribution in [0, 0.1) is 0 Å². The van der Waals surface area contributed by atoms with Crippen LogP contribution in [-0.2, 0) is 6.54 Å². The first-order chi connectivity index (χ1) is 16.4. The first kappa shape index (κ1) is 21.4. The van der Waals surface area contributed by atoms with Crippen LogP contribution in [0.5, 0.6) is 5.75 Å². The molecule has 0 amide bonds. The van der Waals surface area contributed by atoms with Gasteiger partial charge in [-0.3, -0.25) is 9.78 Å². The van der Waals surface area contributed by atoms with Gasteiger partial charge in [-0.05, 0) is 41.5 Å². The summed E-state index contributed by atoms with van der Waals surface area (Å²) in [5, 5.41) is 9.27. The Balaban J connectivity index is 1.43.